The summed E-state index contributed by atoms with van der Waals surface area (Å²) >= 11 is 1.32. The molecule has 7 heteroatoms. The van der Waals surface area contributed by atoms with Crippen LogP contribution in [-0.2, 0) is 4.79 Å². The van der Waals surface area contributed by atoms with Crippen molar-refractivity contribution in [2.24, 2.45) is 0 Å². The lowest BCUT2D eigenvalue weighted by molar-refractivity contribution is -0.131. The average Bonchev–Trinajstić information content (AvgIpc) is 2.59. The highest BCUT2D eigenvalue weighted by atomic mass is 32.2. The summed E-state index contributed by atoms with van der Waals surface area (Å²) < 4.78 is 14.4. The normalized spacial score (nSPS) is 14.0. The number of amides is 2. The Balaban J connectivity index is 1.64. The first-order valence-electron chi connectivity index (χ1n) is 8.27. The number of nitrogens with one attached hydrogen (secondary N) is 2. The Hall–Kier alpha value is -2.38. The van der Waals surface area contributed by atoms with Gasteiger partial charge in [0.25, 0.3) is 5.91 Å². The molecule has 1 aliphatic rings. The third kappa shape index (κ3) is 4.05. The number of hydrogen-bond acceptors (Lipinski definition) is 4. The van der Waals surface area contributed by atoms with Crippen molar-refractivity contribution in [3.05, 3.63) is 59.4 Å². The molecule has 0 bridgehead atoms. The Kier molecular flexibility index (Phi) is 5.58. The van der Waals surface area contributed by atoms with E-state index in [0.717, 1.165) is 11.1 Å². The minimum atomic E-state index is -0.529. The van der Waals surface area contributed by atoms with Gasteiger partial charge >= 0.3 is 0 Å². The van der Waals surface area contributed by atoms with Gasteiger partial charge in [-0.2, -0.15) is 4.83 Å². The second kappa shape index (κ2) is 7.88. The summed E-state index contributed by atoms with van der Waals surface area (Å²) in [5, 5.41) is 0.210. The van der Waals surface area contributed by atoms with E-state index in [1.165, 1.54) is 18.9 Å². The van der Waals surface area contributed by atoms with Crippen molar-refractivity contribution in [2.45, 2.75) is 19.1 Å². The van der Waals surface area contributed by atoms with Gasteiger partial charge in [0.1, 0.15) is 5.82 Å². The van der Waals surface area contributed by atoms with Gasteiger partial charge in [-0.05, 0) is 35.7 Å². The van der Waals surface area contributed by atoms with Gasteiger partial charge in [0.05, 0.1) is 10.8 Å². The highest BCUT2D eigenvalue weighted by Crippen LogP contribution is 2.25. The van der Waals surface area contributed by atoms with Gasteiger partial charge in [-0.3, -0.25) is 15.0 Å². The summed E-state index contributed by atoms with van der Waals surface area (Å²) in [6.07, 6.45) is 0. The van der Waals surface area contributed by atoms with E-state index in [0.29, 0.717) is 18.7 Å². The fourth-order valence-corrected chi connectivity index (χ4v) is 3.56. The van der Waals surface area contributed by atoms with E-state index in [4.69, 9.17) is 0 Å². The van der Waals surface area contributed by atoms with Crippen molar-refractivity contribution in [1.82, 2.24) is 15.2 Å². The number of rotatable bonds is 5. The molecular formula is C19H20FN3O2S. The molecule has 26 heavy (non-hydrogen) atoms. The Morgan fingerprint density at radius 3 is 2.50 bits per heavy atom. The largest absolute Gasteiger partial charge is 0.340 e. The van der Waals surface area contributed by atoms with E-state index >= 15 is 0 Å². The molecule has 0 atom stereocenters. The summed E-state index contributed by atoms with van der Waals surface area (Å²) in [5.41, 5.74) is 4.64. The maximum atomic E-state index is 14.4. The Morgan fingerprint density at radius 2 is 1.85 bits per heavy atom. The lowest BCUT2D eigenvalue weighted by atomic mass is 9.99. The zero-order valence-electron chi connectivity index (χ0n) is 14.6. The van der Waals surface area contributed by atoms with Crippen LogP contribution in [-0.4, -0.2) is 35.1 Å². The predicted octanol–water partition coefficient (Wildman–Crippen LogP) is 2.91. The fraction of sp³-hybridized carbons (Fsp3) is 0.263. The van der Waals surface area contributed by atoms with E-state index < -0.39 is 11.7 Å². The van der Waals surface area contributed by atoms with Gasteiger partial charge in [0.15, 0.2) is 0 Å². The monoisotopic (exact) mass is 373 g/mol. The number of benzene rings is 2. The van der Waals surface area contributed by atoms with Gasteiger partial charge in [0, 0.05) is 20.0 Å². The van der Waals surface area contributed by atoms with Crippen LogP contribution in [0.15, 0.2) is 42.5 Å². The number of carbonyl (C=O) groups excluding carboxylic acids is 2. The molecule has 0 aromatic heterocycles. The van der Waals surface area contributed by atoms with Gasteiger partial charge < -0.3 is 4.90 Å². The molecule has 2 aromatic carbocycles. The van der Waals surface area contributed by atoms with E-state index in [1.807, 2.05) is 30.3 Å². The van der Waals surface area contributed by atoms with E-state index in [2.05, 4.69) is 10.3 Å². The Bertz CT molecular complexity index is 823. The van der Waals surface area contributed by atoms with Crippen molar-refractivity contribution in [3.63, 3.8) is 0 Å². The van der Waals surface area contributed by atoms with Crippen molar-refractivity contribution < 1.29 is 14.0 Å². The molecule has 5 nitrogen and oxygen atoms in total. The third-order valence-electron chi connectivity index (χ3n) is 4.29. The average molecular weight is 373 g/mol. The van der Waals surface area contributed by atoms with Crippen molar-refractivity contribution in [3.8, 4) is 11.1 Å². The van der Waals surface area contributed by atoms with Crippen LogP contribution in [0.3, 0.4) is 0 Å². The first kappa shape index (κ1) is 18.4. The number of likely N-dealkylation sites (tertiary alicyclic amines) is 1. The highest BCUT2D eigenvalue weighted by Gasteiger charge is 2.29. The summed E-state index contributed by atoms with van der Waals surface area (Å²) in [6.45, 7) is 4.45. The first-order valence-corrected chi connectivity index (χ1v) is 9.15. The molecule has 2 amide bonds. The molecule has 1 saturated heterocycles. The molecule has 0 unspecified atom stereocenters. The first-order chi connectivity index (χ1) is 12.5. The van der Waals surface area contributed by atoms with E-state index in [9.17, 15) is 14.0 Å². The van der Waals surface area contributed by atoms with Crippen LogP contribution in [0.2, 0.25) is 0 Å². The molecule has 0 aliphatic carbocycles. The molecule has 1 heterocycles. The number of aryl methyl sites for hydroxylation is 1. The van der Waals surface area contributed by atoms with Gasteiger partial charge in [-0.1, -0.05) is 42.3 Å². The van der Waals surface area contributed by atoms with Gasteiger partial charge in [0.2, 0.25) is 5.91 Å². The molecule has 1 fully saturated rings. The minimum Gasteiger partial charge on any atom is -0.340 e. The van der Waals surface area contributed by atoms with Crippen LogP contribution in [0.1, 0.15) is 22.8 Å². The van der Waals surface area contributed by atoms with Crippen LogP contribution in [0.5, 0.6) is 0 Å². The summed E-state index contributed by atoms with van der Waals surface area (Å²) in [7, 11) is 0. The van der Waals surface area contributed by atoms with Crippen molar-refractivity contribution in [2.75, 3.05) is 13.1 Å². The summed E-state index contributed by atoms with van der Waals surface area (Å²) in [4.78, 5) is 28.0. The quantitative estimate of drug-likeness (QED) is 0.625. The summed E-state index contributed by atoms with van der Waals surface area (Å²) in [5.74, 6) is -1.01. The second-order valence-corrected chi connectivity index (χ2v) is 7.35. The topological polar surface area (TPSA) is 61.4 Å². The lowest BCUT2D eigenvalue weighted by Crippen LogP contribution is -2.53. The molecule has 2 N–H and O–H groups in total. The number of hydrogen-bond donors (Lipinski definition) is 2. The zero-order chi connectivity index (χ0) is 18.7. The maximum absolute atomic E-state index is 14.4. The molecule has 0 spiro atoms. The SMILES string of the molecule is CC(=O)N1CC(SNNC(=O)c2cc(-c3ccccc3)cc(C)c2F)C1. The van der Waals surface area contributed by atoms with Crippen LogP contribution in [0.25, 0.3) is 11.1 Å². The van der Waals surface area contributed by atoms with Crippen LogP contribution in [0.4, 0.5) is 4.39 Å². The van der Waals surface area contributed by atoms with E-state index in [-0.39, 0.29) is 16.7 Å². The fourth-order valence-electron chi connectivity index (χ4n) is 2.73. The number of halogens is 1. The molecule has 3 rings (SSSR count). The Morgan fingerprint density at radius 1 is 1.15 bits per heavy atom. The maximum Gasteiger partial charge on any atom is 0.269 e. The van der Waals surface area contributed by atoms with E-state index in [1.54, 1.807) is 24.0 Å². The van der Waals surface area contributed by atoms with Crippen molar-refractivity contribution in [1.29, 1.82) is 0 Å². The number of nitrogens with zero attached hydrogens (tertiary/aromatic N) is 1. The second-order valence-electron chi connectivity index (χ2n) is 6.24. The van der Waals surface area contributed by atoms with Gasteiger partial charge in [-0.15, -0.1) is 0 Å². The number of carbonyl (C=O) groups is 2. The minimum absolute atomic E-state index is 0.00377. The van der Waals surface area contributed by atoms with Crippen LogP contribution >= 0.6 is 11.9 Å². The predicted molar refractivity (Wildman–Crippen MR) is 101 cm³/mol. The molecule has 1 aliphatic heterocycles. The number of hydrazine groups is 1. The molecule has 2 aromatic rings. The summed E-state index contributed by atoms with van der Waals surface area (Å²) in [6, 6.07) is 12.8. The molecule has 0 saturated carbocycles. The third-order valence-corrected chi connectivity index (χ3v) is 5.14. The zero-order valence-corrected chi connectivity index (χ0v) is 15.4. The molecule has 0 radical (unpaired) electrons. The van der Waals surface area contributed by atoms with Crippen LogP contribution in [0, 0.1) is 12.7 Å². The highest BCUT2D eigenvalue weighted by molar-refractivity contribution is 7.98. The smallest absolute Gasteiger partial charge is 0.269 e. The lowest BCUT2D eigenvalue weighted by Gasteiger charge is -2.37. The van der Waals surface area contributed by atoms with Gasteiger partial charge in [-0.25, -0.2) is 4.39 Å². The Labute approximate surface area is 156 Å². The van der Waals surface area contributed by atoms with Crippen LogP contribution < -0.4 is 10.3 Å². The standard InChI is InChI=1S/C19H20FN3O2S/c1-12-8-15(14-6-4-3-5-7-14)9-17(18(12)20)19(25)21-22-26-16-10-23(11-16)13(2)24/h3-9,16,22H,10-11H2,1-2H3,(H,21,25). The molecule has 136 valence electrons. The van der Waals surface area contributed by atoms with Crippen molar-refractivity contribution >= 4 is 23.8 Å². The molecular weight excluding hydrogens is 353 g/mol.